The average Bonchev–Trinajstić information content (AvgIpc) is 2.81. The maximum Gasteiger partial charge on any atom is 0.411 e. The molecule has 33 heavy (non-hydrogen) atoms. The monoisotopic (exact) mass is 454 g/mol. The summed E-state index contributed by atoms with van der Waals surface area (Å²) in [5.74, 6) is -0.281. The van der Waals surface area contributed by atoms with Crippen LogP contribution >= 0.6 is 0 Å². The largest absolute Gasteiger partial charge is 0.465 e. The number of guanidine groups is 1. The Balaban J connectivity index is 1.64. The third kappa shape index (κ3) is 6.60. The second-order valence-corrected chi connectivity index (χ2v) is 7.07. The quantitative estimate of drug-likeness (QED) is 0.248. The summed E-state index contributed by atoms with van der Waals surface area (Å²) in [6.45, 7) is 1.51. The number of aliphatic imine (C=N–C) groups is 1. The fraction of sp³-hybridized carbons (Fsp3) is 0.333. The number of nitriles is 1. The van der Waals surface area contributed by atoms with Crippen molar-refractivity contribution in [2.24, 2.45) is 15.9 Å². The van der Waals surface area contributed by atoms with Crippen LogP contribution in [0.4, 0.5) is 15.1 Å². The Kier molecular flexibility index (Phi) is 8.07. The van der Waals surface area contributed by atoms with Gasteiger partial charge in [0.1, 0.15) is 12.4 Å². The number of hydrogen-bond acceptors (Lipinski definition) is 8. The molecule has 0 bridgehead atoms. The summed E-state index contributed by atoms with van der Waals surface area (Å²) in [6, 6.07) is 6.82. The lowest BCUT2D eigenvalue weighted by atomic mass is 10.0. The van der Waals surface area contributed by atoms with Crippen LogP contribution in [0.3, 0.4) is 0 Å². The van der Waals surface area contributed by atoms with E-state index in [4.69, 9.17) is 20.9 Å². The molecule has 0 atom stereocenters. The number of benzene rings is 1. The van der Waals surface area contributed by atoms with Crippen LogP contribution < -0.4 is 16.0 Å². The highest BCUT2D eigenvalue weighted by Crippen LogP contribution is 2.25. The predicted molar refractivity (Wildman–Crippen MR) is 119 cm³/mol. The number of carbonyl (C=O) groups is 1. The van der Waals surface area contributed by atoms with Gasteiger partial charge in [0, 0.05) is 55.0 Å². The number of carboxylic acid groups (broad SMARTS) is 1. The van der Waals surface area contributed by atoms with Gasteiger partial charge in [-0.15, -0.1) is 0 Å². The van der Waals surface area contributed by atoms with Gasteiger partial charge in [-0.3, -0.25) is 5.32 Å². The molecule has 1 aliphatic rings. The van der Waals surface area contributed by atoms with Crippen molar-refractivity contribution < 1.29 is 19.1 Å². The molecule has 2 heterocycles. The molecule has 1 aromatic heterocycles. The molecule has 1 aromatic carbocycles. The van der Waals surface area contributed by atoms with Crippen LogP contribution in [0.15, 0.2) is 40.7 Å². The Hall–Kier alpha value is -4.27. The summed E-state index contributed by atoms with van der Waals surface area (Å²) in [5, 5.41) is 23.1. The summed E-state index contributed by atoms with van der Waals surface area (Å²) in [7, 11) is 0. The third-order valence-electron chi connectivity index (χ3n) is 4.80. The minimum absolute atomic E-state index is 0.122. The summed E-state index contributed by atoms with van der Waals surface area (Å²) < 4.78 is 15.0. The van der Waals surface area contributed by atoms with E-state index < -0.39 is 11.9 Å². The van der Waals surface area contributed by atoms with Crippen LogP contribution in [0.5, 0.6) is 0 Å². The lowest BCUT2D eigenvalue weighted by Crippen LogP contribution is -2.35. The van der Waals surface area contributed by atoms with Crippen LogP contribution in [-0.4, -0.2) is 52.5 Å². The van der Waals surface area contributed by atoms with Gasteiger partial charge in [-0.25, -0.2) is 24.1 Å². The van der Waals surface area contributed by atoms with Gasteiger partial charge < -0.3 is 20.6 Å². The zero-order valence-electron chi connectivity index (χ0n) is 17.7. The van der Waals surface area contributed by atoms with E-state index in [-0.39, 0.29) is 24.7 Å². The van der Waals surface area contributed by atoms with Crippen LogP contribution in [0.2, 0.25) is 0 Å². The number of anilines is 1. The van der Waals surface area contributed by atoms with Gasteiger partial charge in [-0.2, -0.15) is 5.26 Å². The summed E-state index contributed by atoms with van der Waals surface area (Å²) in [5.41, 5.74) is 7.44. The van der Waals surface area contributed by atoms with Crippen molar-refractivity contribution in [2.75, 3.05) is 24.6 Å². The van der Waals surface area contributed by atoms with Crippen LogP contribution in [0.1, 0.15) is 24.8 Å². The lowest BCUT2D eigenvalue weighted by Gasteiger charge is -2.27. The molecule has 2 aromatic rings. The SMILES string of the molecule is N#CCCON=C1CCN(c2ncc(-c3cccc(CN=C(N)NC(=O)O)c3F)cn2)CC1. The molecule has 0 spiro atoms. The first-order chi connectivity index (χ1) is 16.0. The zero-order chi connectivity index (χ0) is 23.6. The van der Waals surface area contributed by atoms with E-state index in [2.05, 4.69) is 20.1 Å². The number of piperidine rings is 1. The van der Waals surface area contributed by atoms with E-state index in [0.29, 0.717) is 49.4 Å². The molecular weight excluding hydrogens is 431 g/mol. The van der Waals surface area contributed by atoms with Crippen molar-refractivity contribution in [2.45, 2.75) is 25.8 Å². The average molecular weight is 454 g/mol. The standard InChI is InChI=1S/C21H23FN8O3/c22-18-14(11-25-19(24)28-21(31)32)3-1-4-17(18)15-12-26-20(27-13-15)30-8-5-16(6-9-30)29-33-10-2-7-23/h1,3-4,12-13H,2,5-6,8-11H2,(H,31,32)(H3,24,25,28). The van der Waals surface area contributed by atoms with Gasteiger partial charge in [0.2, 0.25) is 5.95 Å². The maximum atomic E-state index is 15.0. The zero-order valence-corrected chi connectivity index (χ0v) is 17.7. The number of nitrogens with zero attached hydrogens (tertiary/aromatic N) is 6. The van der Waals surface area contributed by atoms with Gasteiger partial charge in [-0.05, 0) is 0 Å². The van der Waals surface area contributed by atoms with E-state index in [1.54, 1.807) is 30.6 Å². The third-order valence-corrected chi connectivity index (χ3v) is 4.80. The molecule has 1 amide bonds. The van der Waals surface area contributed by atoms with Crippen LogP contribution in [0, 0.1) is 17.1 Å². The molecule has 1 fully saturated rings. The van der Waals surface area contributed by atoms with Crippen molar-refractivity contribution >= 4 is 23.7 Å². The molecule has 4 N–H and O–H groups in total. The number of amides is 1. The van der Waals surface area contributed by atoms with Crippen molar-refractivity contribution in [1.29, 1.82) is 5.26 Å². The molecule has 1 aliphatic heterocycles. The van der Waals surface area contributed by atoms with E-state index in [9.17, 15) is 9.18 Å². The van der Waals surface area contributed by atoms with E-state index in [1.807, 2.05) is 16.3 Å². The number of halogens is 1. The first-order valence-corrected chi connectivity index (χ1v) is 10.2. The minimum Gasteiger partial charge on any atom is -0.465 e. The predicted octanol–water partition coefficient (Wildman–Crippen LogP) is 2.25. The Bertz CT molecular complexity index is 1070. The molecule has 0 unspecified atom stereocenters. The normalized spacial score (nSPS) is 13.9. The Labute approximate surface area is 189 Å². The van der Waals surface area contributed by atoms with Crippen molar-refractivity contribution in [1.82, 2.24) is 15.3 Å². The molecule has 11 nitrogen and oxygen atoms in total. The maximum absolute atomic E-state index is 15.0. The Morgan fingerprint density at radius 1 is 1.33 bits per heavy atom. The van der Waals surface area contributed by atoms with Gasteiger partial charge in [0.25, 0.3) is 0 Å². The first kappa shape index (κ1) is 23.4. The molecule has 3 rings (SSSR count). The smallest absolute Gasteiger partial charge is 0.411 e. The highest BCUT2D eigenvalue weighted by molar-refractivity contribution is 5.92. The second kappa shape index (κ2) is 11.4. The van der Waals surface area contributed by atoms with Crippen molar-refractivity contribution in [3.63, 3.8) is 0 Å². The highest BCUT2D eigenvalue weighted by atomic mass is 19.1. The fourth-order valence-electron chi connectivity index (χ4n) is 3.15. The van der Waals surface area contributed by atoms with Crippen molar-refractivity contribution in [3.8, 4) is 17.2 Å². The minimum atomic E-state index is -1.34. The lowest BCUT2D eigenvalue weighted by molar-refractivity contribution is 0.148. The number of oxime groups is 1. The van der Waals surface area contributed by atoms with Gasteiger partial charge in [0.15, 0.2) is 5.96 Å². The molecule has 0 radical (unpaired) electrons. The number of nitrogens with one attached hydrogen (secondary N) is 1. The Morgan fingerprint density at radius 3 is 2.73 bits per heavy atom. The number of rotatable bonds is 7. The topological polar surface area (TPSA) is 162 Å². The molecule has 1 saturated heterocycles. The van der Waals surface area contributed by atoms with Crippen molar-refractivity contribution in [3.05, 3.63) is 42.0 Å². The molecule has 172 valence electrons. The summed E-state index contributed by atoms with van der Waals surface area (Å²) in [6.07, 6.45) is 3.48. The second-order valence-electron chi connectivity index (χ2n) is 7.07. The van der Waals surface area contributed by atoms with E-state index in [0.717, 1.165) is 5.71 Å². The molecule has 12 heteroatoms. The number of nitrogens with two attached hydrogens (primary N) is 1. The summed E-state index contributed by atoms with van der Waals surface area (Å²) in [4.78, 5) is 30.3. The number of hydrogen-bond donors (Lipinski definition) is 3. The van der Waals surface area contributed by atoms with Gasteiger partial charge in [-0.1, -0.05) is 23.4 Å². The first-order valence-electron chi connectivity index (χ1n) is 10.2. The van der Waals surface area contributed by atoms with Gasteiger partial charge in [0.05, 0.1) is 24.7 Å². The fourth-order valence-corrected chi connectivity index (χ4v) is 3.15. The van der Waals surface area contributed by atoms with E-state index in [1.165, 1.54) is 0 Å². The Morgan fingerprint density at radius 2 is 2.06 bits per heavy atom. The van der Waals surface area contributed by atoms with Crippen LogP contribution in [-0.2, 0) is 11.4 Å². The molecule has 0 saturated carbocycles. The number of aromatic nitrogens is 2. The van der Waals surface area contributed by atoms with Gasteiger partial charge >= 0.3 is 6.09 Å². The molecular formula is C21H23FN8O3. The van der Waals surface area contributed by atoms with E-state index >= 15 is 0 Å². The highest BCUT2D eigenvalue weighted by Gasteiger charge is 2.18. The molecule has 0 aliphatic carbocycles. The summed E-state index contributed by atoms with van der Waals surface area (Å²) >= 11 is 0. The van der Waals surface area contributed by atoms with Crippen LogP contribution in [0.25, 0.3) is 11.1 Å².